The Kier molecular flexibility index (Phi) is 9.77. The average Bonchev–Trinajstić information content (AvgIpc) is 2.95. The van der Waals surface area contributed by atoms with Gasteiger partial charge in [0.25, 0.3) is 11.8 Å². The molecule has 2 amide bonds. The van der Waals surface area contributed by atoms with Crippen molar-refractivity contribution in [2.24, 2.45) is 0 Å². The molecule has 0 atom stereocenters. The number of piperazine rings is 1. The molecule has 0 aliphatic carbocycles. The van der Waals surface area contributed by atoms with Crippen molar-refractivity contribution >= 4 is 23.2 Å². The summed E-state index contributed by atoms with van der Waals surface area (Å²) in [6.07, 6.45) is 1.59. The van der Waals surface area contributed by atoms with Gasteiger partial charge in [0.1, 0.15) is 5.82 Å². The predicted molar refractivity (Wildman–Crippen MR) is 160 cm³/mol. The van der Waals surface area contributed by atoms with Crippen LogP contribution in [0.2, 0.25) is 0 Å². The second-order valence-electron chi connectivity index (χ2n) is 10.7. The molecule has 8 heteroatoms. The fourth-order valence-corrected chi connectivity index (χ4v) is 4.88. The van der Waals surface area contributed by atoms with E-state index in [0.717, 1.165) is 30.8 Å². The molecule has 0 bridgehead atoms. The van der Waals surface area contributed by atoms with Gasteiger partial charge in [0.2, 0.25) is 0 Å². The summed E-state index contributed by atoms with van der Waals surface area (Å²) >= 11 is 0. The van der Waals surface area contributed by atoms with E-state index in [1.165, 1.54) is 29.3 Å². The minimum absolute atomic E-state index is 0.115. The molecule has 1 aliphatic heterocycles. The Bertz CT molecular complexity index is 1280. The van der Waals surface area contributed by atoms with Gasteiger partial charge in [-0.1, -0.05) is 24.3 Å². The normalized spacial score (nSPS) is 13.7. The average molecular weight is 546 g/mol. The van der Waals surface area contributed by atoms with E-state index in [0.29, 0.717) is 32.7 Å². The molecule has 0 aromatic heterocycles. The number of rotatable bonds is 10. The molecule has 7 nitrogen and oxygen atoms in total. The van der Waals surface area contributed by atoms with Gasteiger partial charge in [-0.3, -0.25) is 14.5 Å². The first-order valence-corrected chi connectivity index (χ1v) is 13.8. The van der Waals surface area contributed by atoms with Crippen LogP contribution in [0, 0.1) is 5.82 Å². The van der Waals surface area contributed by atoms with Gasteiger partial charge in [-0.2, -0.15) is 0 Å². The SMILES string of the molecule is CN(C)c1ccc(CCCNC(=O)c2ccc(F)cc2C(=O)N2CCN(Cc3ccc(N(C)C)cc3)CC2)cc1. The predicted octanol–water partition coefficient (Wildman–Crippen LogP) is 4.28. The van der Waals surface area contributed by atoms with Crippen LogP contribution in [0.15, 0.2) is 66.7 Å². The zero-order valence-corrected chi connectivity index (χ0v) is 24.0. The Morgan fingerprint density at radius 2 is 1.35 bits per heavy atom. The van der Waals surface area contributed by atoms with Crippen LogP contribution < -0.4 is 15.1 Å². The van der Waals surface area contributed by atoms with Crippen molar-refractivity contribution in [2.45, 2.75) is 19.4 Å². The lowest BCUT2D eigenvalue weighted by Crippen LogP contribution is -2.48. The maximum atomic E-state index is 14.2. The van der Waals surface area contributed by atoms with Crippen LogP contribution in [-0.2, 0) is 13.0 Å². The quantitative estimate of drug-likeness (QED) is 0.386. The highest BCUT2D eigenvalue weighted by molar-refractivity contribution is 6.07. The number of carbonyl (C=O) groups excluding carboxylic acids is 2. The van der Waals surface area contributed by atoms with E-state index < -0.39 is 5.82 Å². The minimum Gasteiger partial charge on any atom is -0.378 e. The Morgan fingerprint density at radius 3 is 1.93 bits per heavy atom. The first-order chi connectivity index (χ1) is 19.2. The van der Waals surface area contributed by atoms with Crippen LogP contribution >= 0.6 is 0 Å². The monoisotopic (exact) mass is 545 g/mol. The Labute approximate surface area is 237 Å². The summed E-state index contributed by atoms with van der Waals surface area (Å²) in [4.78, 5) is 34.5. The number of nitrogens with one attached hydrogen (secondary N) is 1. The molecule has 0 radical (unpaired) electrons. The number of anilines is 2. The van der Waals surface area contributed by atoms with Crippen LogP contribution in [0.5, 0.6) is 0 Å². The lowest BCUT2D eigenvalue weighted by Gasteiger charge is -2.35. The minimum atomic E-state index is -0.527. The summed E-state index contributed by atoms with van der Waals surface area (Å²) < 4.78 is 14.2. The summed E-state index contributed by atoms with van der Waals surface area (Å²) in [7, 11) is 8.05. The topological polar surface area (TPSA) is 59.1 Å². The number of benzene rings is 3. The molecule has 40 heavy (non-hydrogen) atoms. The molecule has 0 spiro atoms. The van der Waals surface area contributed by atoms with Crippen molar-refractivity contribution in [3.63, 3.8) is 0 Å². The summed E-state index contributed by atoms with van der Waals surface area (Å²) in [5, 5.41) is 2.91. The van der Waals surface area contributed by atoms with Crippen molar-refractivity contribution < 1.29 is 14.0 Å². The maximum absolute atomic E-state index is 14.2. The zero-order valence-electron chi connectivity index (χ0n) is 24.0. The molecule has 1 fully saturated rings. The first kappa shape index (κ1) is 29.1. The molecule has 1 heterocycles. The molecule has 1 saturated heterocycles. The summed E-state index contributed by atoms with van der Waals surface area (Å²) in [5.41, 5.74) is 5.04. The Balaban J connectivity index is 1.30. The van der Waals surface area contributed by atoms with Gasteiger partial charge in [0, 0.05) is 78.8 Å². The van der Waals surface area contributed by atoms with Gasteiger partial charge in [-0.15, -0.1) is 0 Å². The molecule has 3 aromatic rings. The molecule has 0 unspecified atom stereocenters. The maximum Gasteiger partial charge on any atom is 0.254 e. The van der Waals surface area contributed by atoms with Crippen molar-refractivity contribution in [3.05, 3.63) is 94.8 Å². The van der Waals surface area contributed by atoms with E-state index in [9.17, 15) is 14.0 Å². The molecule has 212 valence electrons. The zero-order chi connectivity index (χ0) is 28.6. The van der Waals surface area contributed by atoms with Crippen LogP contribution in [0.4, 0.5) is 15.8 Å². The van der Waals surface area contributed by atoms with Gasteiger partial charge in [-0.25, -0.2) is 4.39 Å². The van der Waals surface area contributed by atoms with Crippen molar-refractivity contribution in [3.8, 4) is 0 Å². The van der Waals surface area contributed by atoms with Gasteiger partial charge >= 0.3 is 0 Å². The summed E-state index contributed by atoms with van der Waals surface area (Å²) in [5.74, 6) is -1.19. The van der Waals surface area contributed by atoms with E-state index in [2.05, 4.69) is 68.5 Å². The number of halogens is 1. The summed E-state index contributed by atoms with van der Waals surface area (Å²) in [6, 6.07) is 20.6. The third-order valence-corrected chi connectivity index (χ3v) is 7.36. The number of hydrogen-bond donors (Lipinski definition) is 1. The first-order valence-electron chi connectivity index (χ1n) is 13.8. The highest BCUT2D eigenvalue weighted by atomic mass is 19.1. The summed E-state index contributed by atoms with van der Waals surface area (Å²) in [6.45, 7) is 3.76. The molecule has 1 N–H and O–H groups in total. The van der Waals surface area contributed by atoms with Crippen molar-refractivity contribution in [1.82, 2.24) is 15.1 Å². The third kappa shape index (κ3) is 7.60. The molecular formula is C32H40FN5O2. The van der Waals surface area contributed by atoms with Crippen molar-refractivity contribution in [2.75, 3.05) is 70.7 Å². The lowest BCUT2D eigenvalue weighted by atomic mass is 10.0. The molecule has 3 aromatic carbocycles. The van der Waals surface area contributed by atoms with Crippen LogP contribution in [0.1, 0.15) is 38.3 Å². The van der Waals surface area contributed by atoms with Gasteiger partial charge in [-0.05, 0) is 66.4 Å². The standard InChI is InChI=1S/C32H40FN5O2/c1-35(2)27-12-7-24(8-13-27)6-5-17-34-31(39)29-16-11-26(33)22-30(29)32(40)38-20-18-37(19-21-38)23-25-9-14-28(15-10-25)36(3)4/h7-16,22H,5-6,17-21,23H2,1-4H3,(H,34,39). The number of hydrogen-bond acceptors (Lipinski definition) is 5. The highest BCUT2D eigenvalue weighted by Gasteiger charge is 2.26. The van der Waals surface area contributed by atoms with E-state index in [-0.39, 0.29) is 22.9 Å². The Hall–Kier alpha value is -3.91. The molecule has 1 aliphatic rings. The molecule has 0 saturated carbocycles. The van der Waals surface area contributed by atoms with Crippen LogP contribution in [0.25, 0.3) is 0 Å². The molecular weight excluding hydrogens is 505 g/mol. The highest BCUT2D eigenvalue weighted by Crippen LogP contribution is 2.19. The smallest absolute Gasteiger partial charge is 0.254 e. The fourth-order valence-electron chi connectivity index (χ4n) is 4.88. The molecule has 4 rings (SSSR count). The van der Waals surface area contributed by atoms with Crippen LogP contribution in [-0.4, -0.2) is 82.5 Å². The number of nitrogens with zero attached hydrogens (tertiary/aromatic N) is 4. The van der Waals surface area contributed by atoms with E-state index in [1.54, 1.807) is 4.90 Å². The third-order valence-electron chi connectivity index (χ3n) is 7.36. The fraction of sp³-hybridized carbons (Fsp3) is 0.375. The van der Waals surface area contributed by atoms with Gasteiger partial charge < -0.3 is 20.0 Å². The van der Waals surface area contributed by atoms with Gasteiger partial charge in [0.05, 0.1) is 11.1 Å². The van der Waals surface area contributed by atoms with E-state index in [4.69, 9.17) is 0 Å². The van der Waals surface area contributed by atoms with Crippen LogP contribution in [0.3, 0.4) is 0 Å². The lowest BCUT2D eigenvalue weighted by molar-refractivity contribution is 0.0624. The largest absolute Gasteiger partial charge is 0.378 e. The number of amides is 2. The van der Waals surface area contributed by atoms with E-state index >= 15 is 0 Å². The Morgan fingerprint density at radius 1 is 0.775 bits per heavy atom. The second-order valence-corrected chi connectivity index (χ2v) is 10.7. The number of carbonyl (C=O) groups is 2. The van der Waals surface area contributed by atoms with Crippen molar-refractivity contribution in [1.29, 1.82) is 0 Å². The van der Waals surface area contributed by atoms with E-state index in [1.807, 2.05) is 28.2 Å². The second kappa shape index (κ2) is 13.4. The number of aryl methyl sites for hydroxylation is 1. The van der Waals surface area contributed by atoms with Gasteiger partial charge in [0.15, 0.2) is 0 Å².